The molecule has 3 aromatic rings. The lowest BCUT2D eigenvalue weighted by Crippen LogP contribution is -2.01. The van der Waals surface area contributed by atoms with Crippen molar-refractivity contribution in [3.63, 3.8) is 0 Å². The number of nitrogen functional groups attached to an aromatic ring is 1. The maximum absolute atomic E-state index is 5.91. The molecular weight excluding hydrogens is 316 g/mol. The summed E-state index contributed by atoms with van der Waals surface area (Å²) in [5.41, 5.74) is 6.67. The van der Waals surface area contributed by atoms with E-state index in [4.69, 9.17) is 15.2 Å². The Labute approximate surface area is 136 Å². The van der Waals surface area contributed by atoms with Gasteiger partial charge in [-0.05, 0) is 19.1 Å². The molecule has 2 aromatic heterocycles. The Morgan fingerprint density at radius 2 is 2.00 bits per heavy atom. The predicted molar refractivity (Wildman–Crippen MR) is 89.0 cm³/mol. The van der Waals surface area contributed by atoms with E-state index in [2.05, 4.69) is 20.4 Å². The fraction of sp³-hybridized carbons (Fsp3) is 0.214. The highest BCUT2D eigenvalue weighted by Gasteiger charge is 2.12. The molecule has 0 saturated carbocycles. The van der Waals surface area contributed by atoms with Crippen molar-refractivity contribution >= 4 is 28.9 Å². The molecule has 0 aliphatic carbocycles. The van der Waals surface area contributed by atoms with Crippen molar-refractivity contribution in [2.24, 2.45) is 0 Å². The summed E-state index contributed by atoms with van der Waals surface area (Å²) in [6, 6.07) is 5.43. The molecule has 0 atom stereocenters. The monoisotopic (exact) mass is 332 g/mol. The summed E-state index contributed by atoms with van der Waals surface area (Å²) in [5.74, 6) is 1.90. The first-order chi connectivity index (χ1) is 11.1. The van der Waals surface area contributed by atoms with Gasteiger partial charge in [0, 0.05) is 22.8 Å². The van der Waals surface area contributed by atoms with Crippen molar-refractivity contribution in [2.75, 3.05) is 25.3 Å². The lowest BCUT2D eigenvalue weighted by molar-refractivity contribution is 0.355. The van der Waals surface area contributed by atoms with Crippen LogP contribution in [0.25, 0.3) is 5.13 Å². The molecule has 8 nitrogen and oxygen atoms in total. The van der Waals surface area contributed by atoms with Gasteiger partial charge in [-0.2, -0.15) is 9.67 Å². The molecule has 0 unspecified atom stereocenters. The molecule has 0 spiro atoms. The molecule has 23 heavy (non-hydrogen) atoms. The van der Waals surface area contributed by atoms with Crippen molar-refractivity contribution < 1.29 is 9.47 Å². The molecule has 0 radical (unpaired) electrons. The van der Waals surface area contributed by atoms with Crippen molar-refractivity contribution in [3.8, 4) is 16.6 Å². The first-order valence-corrected chi connectivity index (χ1v) is 7.56. The molecule has 2 heterocycles. The minimum atomic E-state index is 0.266. The van der Waals surface area contributed by atoms with E-state index in [1.165, 1.54) is 16.0 Å². The van der Waals surface area contributed by atoms with Crippen molar-refractivity contribution in [3.05, 3.63) is 29.3 Å². The normalized spacial score (nSPS) is 10.6. The molecule has 9 heteroatoms. The van der Waals surface area contributed by atoms with Crippen LogP contribution in [0.5, 0.6) is 11.5 Å². The average molecular weight is 332 g/mol. The number of nitrogens with zero attached hydrogens (tertiary/aromatic N) is 4. The van der Waals surface area contributed by atoms with Crippen LogP contribution in [-0.2, 0) is 0 Å². The summed E-state index contributed by atoms with van der Waals surface area (Å²) in [4.78, 5) is 9.53. The van der Waals surface area contributed by atoms with Crippen LogP contribution in [0.3, 0.4) is 0 Å². The number of hydrogen-bond acceptors (Lipinski definition) is 8. The molecule has 120 valence electrons. The number of nitrogens with two attached hydrogens (primary N) is 1. The number of methoxy groups -OCH3 is 2. The molecule has 0 bridgehead atoms. The van der Waals surface area contributed by atoms with E-state index in [-0.39, 0.29) is 5.95 Å². The number of benzene rings is 1. The van der Waals surface area contributed by atoms with Crippen LogP contribution in [0.1, 0.15) is 4.88 Å². The summed E-state index contributed by atoms with van der Waals surface area (Å²) in [6.45, 7) is 1.97. The van der Waals surface area contributed by atoms with Gasteiger partial charge in [-0.1, -0.05) is 0 Å². The number of anilines is 3. The largest absolute Gasteiger partial charge is 0.493 e. The van der Waals surface area contributed by atoms with Crippen LogP contribution >= 0.6 is 11.3 Å². The zero-order valence-electron chi connectivity index (χ0n) is 12.9. The SMILES string of the molecule is COc1ccc(Nc2nc(N)n(-c3ncc(C)s3)n2)cc1OC. The Morgan fingerprint density at radius 1 is 1.22 bits per heavy atom. The quantitative estimate of drug-likeness (QED) is 0.740. The lowest BCUT2D eigenvalue weighted by Gasteiger charge is -2.09. The van der Waals surface area contributed by atoms with Crippen molar-refractivity contribution in [1.82, 2.24) is 19.7 Å². The topological polar surface area (TPSA) is 100 Å². The Hall–Kier alpha value is -2.81. The lowest BCUT2D eigenvalue weighted by atomic mass is 10.3. The van der Waals surface area contributed by atoms with Crippen LogP contribution in [0.2, 0.25) is 0 Å². The van der Waals surface area contributed by atoms with Crippen molar-refractivity contribution in [2.45, 2.75) is 6.92 Å². The first-order valence-electron chi connectivity index (χ1n) is 6.75. The number of aromatic nitrogens is 4. The van der Waals surface area contributed by atoms with E-state index >= 15 is 0 Å². The standard InChI is InChI=1S/C14H16N6O2S/c1-8-7-16-14(23-8)20-12(15)18-13(19-20)17-9-4-5-10(21-2)11(6-9)22-3/h4-7H,1-3H3,(H3,15,17,18,19). The summed E-state index contributed by atoms with van der Waals surface area (Å²) >= 11 is 1.49. The number of ether oxygens (including phenoxy) is 2. The highest BCUT2D eigenvalue weighted by atomic mass is 32.1. The van der Waals surface area contributed by atoms with Gasteiger partial charge in [0.05, 0.1) is 14.2 Å². The number of thiazole rings is 1. The van der Waals surface area contributed by atoms with Gasteiger partial charge >= 0.3 is 0 Å². The molecular formula is C14H16N6O2S. The van der Waals surface area contributed by atoms with Gasteiger partial charge in [-0.25, -0.2) is 4.98 Å². The van der Waals surface area contributed by atoms with Gasteiger partial charge in [-0.3, -0.25) is 0 Å². The second-order valence-electron chi connectivity index (χ2n) is 4.65. The van der Waals surface area contributed by atoms with E-state index in [0.717, 1.165) is 10.6 Å². The second-order valence-corrected chi connectivity index (χ2v) is 5.87. The van der Waals surface area contributed by atoms with E-state index in [1.807, 2.05) is 13.0 Å². The number of rotatable bonds is 5. The van der Waals surface area contributed by atoms with Crippen LogP contribution in [0.4, 0.5) is 17.6 Å². The van der Waals surface area contributed by atoms with Crippen LogP contribution in [0.15, 0.2) is 24.4 Å². The summed E-state index contributed by atoms with van der Waals surface area (Å²) in [5, 5.41) is 8.09. The molecule has 3 N–H and O–H groups in total. The third-order valence-corrected chi connectivity index (χ3v) is 3.95. The molecule has 0 amide bonds. The van der Waals surface area contributed by atoms with E-state index in [1.54, 1.807) is 32.5 Å². The van der Waals surface area contributed by atoms with Crippen LogP contribution < -0.4 is 20.5 Å². The molecule has 0 aliphatic rings. The number of nitrogens with one attached hydrogen (secondary N) is 1. The van der Waals surface area contributed by atoms with Crippen LogP contribution in [0, 0.1) is 6.92 Å². The van der Waals surface area contributed by atoms with E-state index in [0.29, 0.717) is 22.6 Å². The Bertz CT molecular complexity index is 829. The highest BCUT2D eigenvalue weighted by molar-refractivity contribution is 7.14. The van der Waals surface area contributed by atoms with Gasteiger partial charge in [0.25, 0.3) is 0 Å². The van der Waals surface area contributed by atoms with E-state index in [9.17, 15) is 0 Å². The molecule has 0 aliphatic heterocycles. The predicted octanol–water partition coefficient (Wildman–Crippen LogP) is 2.38. The van der Waals surface area contributed by atoms with E-state index < -0.39 is 0 Å². The third-order valence-electron chi connectivity index (χ3n) is 3.06. The molecule has 0 saturated heterocycles. The molecule has 1 aromatic carbocycles. The minimum Gasteiger partial charge on any atom is -0.493 e. The smallest absolute Gasteiger partial charge is 0.248 e. The van der Waals surface area contributed by atoms with Gasteiger partial charge in [0.2, 0.25) is 17.0 Å². The zero-order valence-corrected chi connectivity index (χ0v) is 13.7. The summed E-state index contributed by atoms with van der Waals surface area (Å²) in [6.07, 6.45) is 1.77. The van der Waals surface area contributed by atoms with Gasteiger partial charge in [0.1, 0.15) is 0 Å². The maximum atomic E-state index is 5.91. The minimum absolute atomic E-state index is 0.266. The first kappa shape index (κ1) is 15.1. The third kappa shape index (κ3) is 3.04. The Kier molecular flexibility index (Phi) is 4.02. The molecule has 3 rings (SSSR count). The number of aryl methyl sites for hydroxylation is 1. The Morgan fingerprint density at radius 3 is 2.65 bits per heavy atom. The van der Waals surface area contributed by atoms with Gasteiger partial charge in [0.15, 0.2) is 11.5 Å². The maximum Gasteiger partial charge on any atom is 0.248 e. The average Bonchev–Trinajstić information content (AvgIpc) is 3.12. The van der Waals surface area contributed by atoms with Gasteiger partial charge in [-0.15, -0.1) is 16.4 Å². The second kappa shape index (κ2) is 6.13. The van der Waals surface area contributed by atoms with Gasteiger partial charge < -0.3 is 20.5 Å². The zero-order chi connectivity index (χ0) is 16.4. The van der Waals surface area contributed by atoms with Crippen LogP contribution in [-0.4, -0.2) is 34.0 Å². The van der Waals surface area contributed by atoms with Crippen molar-refractivity contribution in [1.29, 1.82) is 0 Å². The number of hydrogen-bond donors (Lipinski definition) is 2. The highest BCUT2D eigenvalue weighted by Crippen LogP contribution is 2.31. The molecule has 0 fully saturated rings. The fourth-order valence-electron chi connectivity index (χ4n) is 2.00. The Balaban J connectivity index is 1.86. The fourth-order valence-corrected chi connectivity index (χ4v) is 2.72. The summed E-state index contributed by atoms with van der Waals surface area (Å²) < 4.78 is 12.0. The summed E-state index contributed by atoms with van der Waals surface area (Å²) in [7, 11) is 3.17.